The van der Waals surface area contributed by atoms with Crippen molar-refractivity contribution >= 4 is 0 Å². The van der Waals surface area contributed by atoms with E-state index in [0.717, 1.165) is 47.6 Å². The van der Waals surface area contributed by atoms with E-state index in [0.29, 0.717) is 5.92 Å². The third-order valence-electron chi connectivity index (χ3n) is 8.52. The van der Waals surface area contributed by atoms with Crippen molar-refractivity contribution in [2.75, 3.05) is 0 Å². The molecule has 29 heavy (non-hydrogen) atoms. The minimum Gasteiger partial charge on any atom is -0.206 e. The topological polar surface area (TPSA) is 0 Å². The minimum atomic E-state index is 0.181. The van der Waals surface area contributed by atoms with Crippen LogP contribution < -0.4 is 0 Å². The van der Waals surface area contributed by atoms with Crippen LogP contribution in [0.25, 0.3) is 0 Å². The molecule has 2 saturated carbocycles. The van der Waals surface area contributed by atoms with Crippen LogP contribution >= 0.6 is 0 Å². The Balaban J connectivity index is 1.39. The number of benzene rings is 1. The summed E-state index contributed by atoms with van der Waals surface area (Å²) in [5.74, 6) is 4.11. The molecule has 2 fully saturated rings. The fourth-order valence-corrected chi connectivity index (χ4v) is 6.90. The van der Waals surface area contributed by atoms with E-state index < -0.39 is 0 Å². The maximum absolute atomic E-state index is 15.5. The molecule has 0 N–H and O–H groups in total. The van der Waals surface area contributed by atoms with E-state index in [1.807, 2.05) is 0 Å². The van der Waals surface area contributed by atoms with Crippen molar-refractivity contribution in [3.63, 3.8) is 0 Å². The monoisotopic (exact) mass is 396 g/mol. The third-order valence-corrected chi connectivity index (χ3v) is 8.52. The van der Waals surface area contributed by atoms with Gasteiger partial charge in [-0.15, -0.1) is 0 Å². The van der Waals surface area contributed by atoms with Gasteiger partial charge in [-0.2, -0.15) is 0 Å². The molecule has 1 aromatic rings. The Morgan fingerprint density at radius 2 is 1.79 bits per heavy atom. The van der Waals surface area contributed by atoms with E-state index in [-0.39, 0.29) is 5.82 Å². The molecule has 1 aromatic carbocycles. The lowest BCUT2D eigenvalue weighted by molar-refractivity contribution is 0.114. The number of hydrogen-bond donors (Lipinski definition) is 0. The van der Waals surface area contributed by atoms with Crippen molar-refractivity contribution in [2.45, 2.75) is 103 Å². The van der Waals surface area contributed by atoms with Crippen molar-refractivity contribution in [3.05, 3.63) is 46.8 Å². The van der Waals surface area contributed by atoms with Crippen molar-refractivity contribution in [1.82, 2.24) is 0 Å². The highest BCUT2D eigenvalue weighted by Gasteiger charge is 2.37. The van der Waals surface area contributed by atoms with E-state index >= 15 is 4.39 Å². The summed E-state index contributed by atoms with van der Waals surface area (Å²) >= 11 is 0. The predicted molar refractivity (Wildman–Crippen MR) is 122 cm³/mol. The predicted octanol–water partition coefficient (Wildman–Crippen LogP) is 8.39. The molecule has 4 rings (SSSR count). The third kappa shape index (κ3) is 4.80. The van der Waals surface area contributed by atoms with Gasteiger partial charge in [0.05, 0.1) is 0 Å². The number of allylic oxidation sites excluding steroid dienone is 2. The van der Waals surface area contributed by atoms with E-state index in [1.165, 1.54) is 76.2 Å². The van der Waals surface area contributed by atoms with E-state index in [2.05, 4.69) is 38.1 Å². The molecule has 0 radical (unpaired) electrons. The molecule has 0 heterocycles. The van der Waals surface area contributed by atoms with Crippen LogP contribution in [0.3, 0.4) is 0 Å². The van der Waals surface area contributed by atoms with Gasteiger partial charge < -0.3 is 0 Å². The summed E-state index contributed by atoms with van der Waals surface area (Å²) in [5, 5.41) is 0. The van der Waals surface area contributed by atoms with E-state index in [4.69, 9.17) is 0 Å². The van der Waals surface area contributed by atoms with Gasteiger partial charge in [0.25, 0.3) is 0 Å². The molecule has 0 aromatic heterocycles. The summed E-state index contributed by atoms with van der Waals surface area (Å²) in [6.45, 7) is 4.40. The van der Waals surface area contributed by atoms with Crippen LogP contribution in [0.2, 0.25) is 0 Å². The quantitative estimate of drug-likeness (QED) is 0.423. The highest BCUT2D eigenvalue weighted by Crippen LogP contribution is 2.49. The van der Waals surface area contributed by atoms with Gasteiger partial charge in [-0.25, -0.2) is 4.39 Å². The Labute approximate surface area is 178 Å². The van der Waals surface area contributed by atoms with Crippen molar-refractivity contribution in [3.8, 4) is 0 Å². The van der Waals surface area contributed by atoms with Crippen molar-refractivity contribution in [2.24, 2.45) is 23.7 Å². The second-order valence-electron chi connectivity index (χ2n) is 10.4. The summed E-state index contributed by atoms with van der Waals surface area (Å²) in [6, 6.07) is 4.47. The van der Waals surface area contributed by atoms with Crippen LogP contribution in [0.1, 0.15) is 107 Å². The molecule has 0 nitrogen and oxygen atoms in total. The number of halogens is 1. The first-order valence-electron chi connectivity index (χ1n) is 12.6. The summed E-state index contributed by atoms with van der Waals surface area (Å²) in [6.07, 6.45) is 20.9. The highest BCUT2D eigenvalue weighted by atomic mass is 19.1. The summed E-state index contributed by atoms with van der Waals surface area (Å²) in [7, 11) is 0. The summed E-state index contributed by atoms with van der Waals surface area (Å²) < 4.78 is 15.5. The fraction of sp³-hybridized carbons (Fsp3) is 0.714. The zero-order valence-corrected chi connectivity index (χ0v) is 18.8. The Bertz CT molecular complexity index is 703. The summed E-state index contributed by atoms with van der Waals surface area (Å²) in [5.41, 5.74) is 3.45. The first-order chi connectivity index (χ1) is 14.2. The van der Waals surface area contributed by atoms with Crippen LogP contribution in [0, 0.1) is 29.5 Å². The maximum Gasteiger partial charge on any atom is 0.130 e. The fourth-order valence-electron chi connectivity index (χ4n) is 6.90. The van der Waals surface area contributed by atoms with Crippen LogP contribution in [0.5, 0.6) is 0 Å². The van der Waals surface area contributed by atoms with Crippen LogP contribution in [-0.2, 0) is 12.8 Å². The van der Waals surface area contributed by atoms with Crippen molar-refractivity contribution in [1.29, 1.82) is 0 Å². The molecular formula is C28H41F. The molecule has 3 aliphatic rings. The molecule has 0 aliphatic heterocycles. The number of hydrogen-bond acceptors (Lipinski definition) is 0. The molecule has 160 valence electrons. The average Bonchev–Trinajstić information content (AvgIpc) is 2.74. The lowest BCUT2D eigenvalue weighted by atomic mass is 9.63. The largest absolute Gasteiger partial charge is 0.206 e. The molecule has 0 amide bonds. The molecule has 1 heteroatoms. The van der Waals surface area contributed by atoms with Gasteiger partial charge in [0.15, 0.2) is 0 Å². The smallest absolute Gasteiger partial charge is 0.130 e. The first kappa shape index (κ1) is 21.1. The zero-order valence-electron chi connectivity index (χ0n) is 18.8. The molecule has 0 saturated heterocycles. The van der Waals surface area contributed by atoms with Gasteiger partial charge in [-0.3, -0.25) is 0 Å². The highest BCUT2D eigenvalue weighted by molar-refractivity contribution is 5.38. The number of fused-ring (bicyclic) bond motifs is 2. The lowest BCUT2D eigenvalue weighted by Crippen LogP contribution is -2.31. The molecule has 3 aliphatic carbocycles. The zero-order chi connectivity index (χ0) is 20.2. The van der Waals surface area contributed by atoms with E-state index in [1.54, 1.807) is 0 Å². The Hall–Kier alpha value is -1.11. The van der Waals surface area contributed by atoms with Crippen LogP contribution in [0.4, 0.5) is 4.39 Å². The second-order valence-corrected chi connectivity index (χ2v) is 10.4. The Morgan fingerprint density at radius 3 is 2.62 bits per heavy atom. The van der Waals surface area contributed by atoms with Gasteiger partial charge in [0.2, 0.25) is 0 Å². The first-order valence-corrected chi connectivity index (χ1v) is 12.6. The van der Waals surface area contributed by atoms with Crippen LogP contribution in [0.15, 0.2) is 24.3 Å². The standard InChI is InChI=1S/C28H41F/c1-3-5-6-8-21-9-11-23-19-25(13-12-22(23)17-21)27-16-14-24-18-20(7-4-2)10-15-26(24)28(27)29/h3,5,14,16,20-23,25H,4,6-13,15,17-19H2,1-2H3/b5-3+. The van der Waals surface area contributed by atoms with Crippen LogP contribution in [-0.4, -0.2) is 0 Å². The van der Waals surface area contributed by atoms with E-state index in [9.17, 15) is 0 Å². The van der Waals surface area contributed by atoms with Gasteiger partial charge in [0, 0.05) is 0 Å². The molecule has 5 unspecified atom stereocenters. The average molecular weight is 397 g/mol. The molecule has 5 atom stereocenters. The summed E-state index contributed by atoms with van der Waals surface area (Å²) in [4.78, 5) is 0. The van der Waals surface area contributed by atoms with Gasteiger partial charge in [-0.1, -0.05) is 50.5 Å². The maximum atomic E-state index is 15.5. The normalized spacial score (nSPS) is 32.2. The van der Waals surface area contributed by atoms with Crippen molar-refractivity contribution < 1.29 is 4.39 Å². The molecule has 0 bridgehead atoms. The number of rotatable bonds is 6. The van der Waals surface area contributed by atoms with Gasteiger partial charge in [0.1, 0.15) is 5.82 Å². The lowest BCUT2D eigenvalue weighted by Gasteiger charge is -2.42. The van der Waals surface area contributed by atoms with Gasteiger partial charge in [-0.05, 0) is 117 Å². The SMILES string of the molecule is C/C=C/CCC1CCC2CC(c3ccc4c(c3F)CCC(CCC)C4)CCC2C1. The Morgan fingerprint density at radius 1 is 0.966 bits per heavy atom. The molecular weight excluding hydrogens is 355 g/mol. The Kier molecular flexibility index (Phi) is 7.14. The van der Waals surface area contributed by atoms with Gasteiger partial charge >= 0.3 is 0 Å². The second kappa shape index (κ2) is 9.80. The molecule has 0 spiro atoms. The minimum absolute atomic E-state index is 0.181.